The molecule has 2 nitrogen and oxygen atoms in total. The molecule has 1 aromatic heterocycles. The van der Waals surface area contributed by atoms with Gasteiger partial charge in [-0.3, -0.25) is 0 Å². The Morgan fingerprint density at radius 3 is 2.69 bits per heavy atom. The van der Waals surface area contributed by atoms with Gasteiger partial charge in [0.2, 0.25) is 5.28 Å². The smallest absolute Gasteiger partial charge is 0.222 e. The molecule has 0 N–H and O–H groups in total. The van der Waals surface area contributed by atoms with E-state index in [4.69, 9.17) is 11.6 Å². The van der Waals surface area contributed by atoms with E-state index in [2.05, 4.69) is 42.9 Å². The van der Waals surface area contributed by atoms with Gasteiger partial charge in [-0.1, -0.05) is 26.0 Å². The minimum atomic E-state index is 0.341. The Kier molecular flexibility index (Phi) is 3.10. The summed E-state index contributed by atoms with van der Waals surface area (Å²) >= 11 is 5.94. The lowest BCUT2D eigenvalue weighted by atomic mass is 10.0. The Morgan fingerprint density at radius 2 is 2.00 bits per heavy atom. The fourth-order valence-electron chi connectivity index (χ4n) is 1.82. The highest BCUT2D eigenvalue weighted by molar-refractivity contribution is 6.28. The van der Waals surface area contributed by atoms with Gasteiger partial charge in [-0.25, -0.2) is 9.97 Å². The van der Waals surface area contributed by atoms with Gasteiger partial charge in [-0.05, 0) is 42.5 Å². The van der Waals surface area contributed by atoms with Crippen molar-refractivity contribution in [3.05, 3.63) is 34.7 Å². The lowest BCUT2D eigenvalue weighted by molar-refractivity contribution is 0.638. The summed E-state index contributed by atoms with van der Waals surface area (Å²) in [6, 6.07) is 6.22. The van der Waals surface area contributed by atoms with E-state index in [-0.39, 0.29) is 0 Å². The topological polar surface area (TPSA) is 25.8 Å². The van der Waals surface area contributed by atoms with E-state index in [1.807, 2.05) is 6.07 Å². The van der Waals surface area contributed by atoms with Crippen molar-refractivity contribution in [2.24, 2.45) is 5.92 Å². The second-order valence-corrected chi connectivity index (χ2v) is 4.90. The average molecular weight is 235 g/mol. The minimum Gasteiger partial charge on any atom is -0.222 e. The molecule has 0 fully saturated rings. The molecule has 0 aliphatic heterocycles. The number of benzene rings is 1. The quantitative estimate of drug-likeness (QED) is 0.739. The van der Waals surface area contributed by atoms with Gasteiger partial charge in [0.05, 0.1) is 11.2 Å². The third kappa shape index (κ3) is 2.33. The highest BCUT2D eigenvalue weighted by Crippen LogP contribution is 2.21. The first-order valence-electron chi connectivity index (χ1n) is 5.49. The van der Waals surface area contributed by atoms with E-state index in [9.17, 15) is 0 Å². The van der Waals surface area contributed by atoms with Crippen LogP contribution in [0.1, 0.15) is 25.1 Å². The van der Waals surface area contributed by atoms with E-state index in [0.717, 1.165) is 23.0 Å². The monoisotopic (exact) mass is 234 g/mol. The zero-order chi connectivity index (χ0) is 11.7. The maximum Gasteiger partial charge on any atom is 0.223 e. The number of aromatic nitrogens is 2. The van der Waals surface area contributed by atoms with Crippen molar-refractivity contribution in [1.82, 2.24) is 9.97 Å². The van der Waals surface area contributed by atoms with Crippen LogP contribution < -0.4 is 0 Å². The molecule has 0 radical (unpaired) electrons. The first-order chi connectivity index (χ1) is 7.56. The van der Waals surface area contributed by atoms with E-state index < -0.39 is 0 Å². The summed E-state index contributed by atoms with van der Waals surface area (Å²) in [4.78, 5) is 8.58. The molecule has 0 unspecified atom stereocenters. The largest absolute Gasteiger partial charge is 0.223 e. The maximum absolute atomic E-state index is 5.94. The van der Waals surface area contributed by atoms with E-state index in [1.165, 1.54) is 5.56 Å². The SMILES string of the molecule is Cc1ccc2c(CC(C)C)nc(Cl)nc2c1. The molecule has 2 aromatic rings. The van der Waals surface area contributed by atoms with Crippen molar-refractivity contribution < 1.29 is 0 Å². The van der Waals surface area contributed by atoms with Crippen molar-refractivity contribution in [2.75, 3.05) is 0 Å². The van der Waals surface area contributed by atoms with Crippen LogP contribution in [0, 0.1) is 12.8 Å². The first-order valence-corrected chi connectivity index (χ1v) is 5.87. The van der Waals surface area contributed by atoms with Crippen LogP contribution in [-0.2, 0) is 6.42 Å². The first kappa shape index (κ1) is 11.3. The molecule has 1 aromatic carbocycles. The predicted octanol–water partition coefficient (Wildman–Crippen LogP) is 3.79. The number of rotatable bonds is 2. The predicted molar refractivity (Wildman–Crippen MR) is 67.8 cm³/mol. The number of hydrogen-bond acceptors (Lipinski definition) is 2. The van der Waals surface area contributed by atoms with Crippen molar-refractivity contribution in [3.8, 4) is 0 Å². The van der Waals surface area contributed by atoms with Gasteiger partial charge in [0.25, 0.3) is 0 Å². The van der Waals surface area contributed by atoms with E-state index >= 15 is 0 Å². The van der Waals surface area contributed by atoms with Crippen LogP contribution in [-0.4, -0.2) is 9.97 Å². The number of hydrogen-bond donors (Lipinski definition) is 0. The molecule has 16 heavy (non-hydrogen) atoms. The number of nitrogens with zero attached hydrogens (tertiary/aromatic N) is 2. The van der Waals surface area contributed by atoms with Crippen LogP contribution in [0.4, 0.5) is 0 Å². The van der Waals surface area contributed by atoms with Crippen LogP contribution in [0.15, 0.2) is 18.2 Å². The molecular formula is C13H15ClN2. The summed E-state index contributed by atoms with van der Waals surface area (Å²) in [5.41, 5.74) is 3.18. The third-order valence-electron chi connectivity index (χ3n) is 2.51. The molecule has 0 aliphatic carbocycles. The minimum absolute atomic E-state index is 0.341. The van der Waals surface area contributed by atoms with Gasteiger partial charge in [0, 0.05) is 5.39 Å². The van der Waals surface area contributed by atoms with E-state index in [1.54, 1.807) is 0 Å². The van der Waals surface area contributed by atoms with Gasteiger partial charge in [-0.15, -0.1) is 0 Å². The maximum atomic E-state index is 5.94. The molecule has 0 saturated carbocycles. The number of fused-ring (bicyclic) bond motifs is 1. The molecule has 0 saturated heterocycles. The van der Waals surface area contributed by atoms with Crippen LogP contribution in [0.5, 0.6) is 0 Å². The van der Waals surface area contributed by atoms with Gasteiger partial charge < -0.3 is 0 Å². The van der Waals surface area contributed by atoms with Gasteiger partial charge in [0.1, 0.15) is 0 Å². The molecule has 3 heteroatoms. The van der Waals surface area contributed by atoms with Crippen LogP contribution in [0.3, 0.4) is 0 Å². The summed E-state index contributed by atoms with van der Waals surface area (Å²) in [5.74, 6) is 0.565. The van der Waals surface area contributed by atoms with Crippen LogP contribution in [0.25, 0.3) is 10.9 Å². The van der Waals surface area contributed by atoms with Crippen molar-refractivity contribution in [2.45, 2.75) is 27.2 Å². The molecule has 84 valence electrons. The Balaban J connectivity index is 2.63. The molecule has 0 amide bonds. The van der Waals surface area contributed by atoms with Gasteiger partial charge in [0.15, 0.2) is 0 Å². The van der Waals surface area contributed by atoms with Crippen molar-refractivity contribution in [1.29, 1.82) is 0 Å². The second-order valence-electron chi connectivity index (χ2n) is 4.56. The molecule has 1 heterocycles. The third-order valence-corrected chi connectivity index (χ3v) is 2.67. The lowest BCUT2D eigenvalue weighted by Crippen LogP contribution is -2.00. The molecular weight excluding hydrogens is 220 g/mol. The standard InChI is InChI=1S/C13H15ClN2/c1-8(2)6-11-10-5-4-9(3)7-12(10)16-13(14)15-11/h4-5,7-8H,6H2,1-3H3. The van der Waals surface area contributed by atoms with E-state index in [0.29, 0.717) is 11.2 Å². The van der Waals surface area contributed by atoms with Gasteiger partial charge >= 0.3 is 0 Å². The lowest BCUT2D eigenvalue weighted by Gasteiger charge is -2.08. The molecule has 0 bridgehead atoms. The summed E-state index contributed by atoms with van der Waals surface area (Å²) in [7, 11) is 0. The molecule has 2 rings (SSSR count). The van der Waals surface area contributed by atoms with Crippen molar-refractivity contribution >= 4 is 22.5 Å². The molecule has 0 atom stereocenters. The van der Waals surface area contributed by atoms with Gasteiger partial charge in [-0.2, -0.15) is 0 Å². The highest BCUT2D eigenvalue weighted by Gasteiger charge is 2.08. The highest BCUT2D eigenvalue weighted by atomic mass is 35.5. The number of aryl methyl sites for hydroxylation is 1. The summed E-state index contributed by atoms with van der Waals surface area (Å²) < 4.78 is 0. The summed E-state index contributed by atoms with van der Waals surface area (Å²) in [6.07, 6.45) is 0.932. The Hall–Kier alpha value is -1.15. The molecule has 0 spiro atoms. The zero-order valence-corrected chi connectivity index (χ0v) is 10.5. The van der Waals surface area contributed by atoms with Crippen molar-refractivity contribution in [3.63, 3.8) is 0 Å². The Labute approximate surface area is 101 Å². The number of halogens is 1. The van der Waals surface area contributed by atoms with Crippen LogP contribution >= 0.6 is 11.6 Å². The second kappa shape index (κ2) is 4.38. The Bertz CT molecular complexity index is 515. The normalized spacial score (nSPS) is 11.3. The molecule has 0 aliphatic rings. The fourth-order valence-corrected chi connectivity index (χ4v) is 2.01. The Morgan fingerprint density at radius 1 is 1.25 bits per heavy atom. The summed E-state index contributed by atoms with van der Waals surface area (Å²) in [6.45, 7) is 6.41. The zero-order valence-electron chi connectivity index (χ0n) is 9.79. The average Bonchev–Trinajstić information content (AvgIpc) is 2.15. The summed E-state index contributed by atoms with van der Waals surface area (Å²) in [5, 5.41) is 1.46. The fraction of sp³-hybridized carbons (Fsp3) is 0.385. The van der Waals surface area contributed by atoms with Crippen LogP contribution in [0.2, 0.25) is 5.28 Å².